The molecule has 2 aliphatic heterocycles. The maximum Gasteiger partial charge on any atom is 0.326 e. The van der Waals surface area contributed by atoms with Gasteiger partial charge in [-0.3, -0.25) is 4.90 Å². The van der Waals surface area contributed by atoms with E-state index >= 15 is 0 Å². The number of carboxylic acid groups (broad SMARTS) is 1. The third kappa shape index (κ3) is 4.55. The normalized spacial score (nSPS) is 26.9. The van der Waals surface area contributed by atoms with Gasteiger partial charge in [-0.25, -0.2) is 9.59 Å². The van der Waals surface area contributed by atoms with Crippen LogP contribution in [-0.2, 0) is 9.53 Å². The number of fused-ring (bicyclic) bond motifs is 1. The molecule has 2 amide bonds. The Morgan fingerprint density at radius 3 is 2.95 bits per heavy atom. The third-order valence-corrected chi connectivity index (χ3v) is 3.97. The van der Waals surface area contributed by atoms with Gasteiger partial charge >= 0.3 is 12.0 Å². The lowest BCUT2D eigenvalue weighted by Gasteiger charge is -2.35. The Balaban J connectivity index is 1.70. The van der Waals surface area contributed by atoms with Crippen LogP contribution >= 0.6 is 0 Å². The van der Waals surface area contributed by atoms with Gasteiger partial charge in [-0.05, 0) is 19.4 Å². The van der Waals surface area contributed by atoms with Gasteiger partial charge in [0.2, 0.25) is 0 Å². The molecule has 0 aromatic carbocycles. The van der Waals surface area contributed by atoms with Crippen molar-refractivity contribution in [3.8, 4) is 0 Å². The highest BCUT2D eigenvalue weighted by molar-refractivity contribution is 5.82. The van der Waals surface area contributed by atoms with E-state index in [2.05, 4.69) is 15.5 Å². The molecule has 2 aliphatic rings. The van der Waals surface area contributed by atoms with Crippen LogP contribution in [0.25, 0.3) is 0 Å². The van der Waals surface area contributed by atoms with Crippen LogP contribution in [0.2, 0.25) is 0 Å². The molecule has 0 spiro atoms. The van der Waals surface area contributed by atoms with Crippen molar-refractivity contribution < 1.29 is 24.5 Å². The predicted octanol–water partition coefficient (Wildman–Crippen LogP) is -1.02. The van der Waals surface area contributed by atoms with Gasteiger partial charge in [0.25, 0.3) is 0 Å². The van der Waals surface area contributed by atoms with Crippen molar-refractivity contribution in [3.05, 3.63) is 0 Å². The third-order valence-electron chi connectivity index (χ3n) is 3.97. The Labute approximate surface area is 123 Å². The Morgan fingerprint density at radius 2 is 2.24 bits per heavy atom. The van der Waals surface area contributed by atoms with Crippen molar-refractivity contribution in [3.63, 3.8) is 0 Å². The average Bonchev–Trinajstić information content (AvgIpc) is 2.92. The number of aliphatic carboxylic acids is 1. The summed E-state index contributed by atoms with van der Waals surface area (Å²) in [7, 11) is 0. The number of urea groups is 1. The van der Waals surface area contributed by atoms with Crippen LogP contribution < -0.4 is 10.6 Å². The minimum atomic E-state index is -1.16. The quantitative estimate of drug-likeness (QED) is 0.500. The monoisotopic (exact) mass is 301 g/mol. The highest BCUT2D eigenvalue weighted by Crippen LogP contribution is 2.22. The van der Waals surface area contributed by atoms with Crippen LogP contribution in [0.4, 0.5) is 4.79 Å². The van der Waals surface area contributed by atoms with Crippen molar-refractivity contribution in [2.75, 3.05) is 32.8 Å². The molecule has 0 radical (unpaired) electrons. The van der Waals surface area contributed by atoms with E-state index in [0.717, 1.165) is 13.1 Å². The van der Waals surface area contributed by atoms with E-state index in [-0.39, 0.29) is 19.1 Å². The van der Waals surface area contributed by atoms with Crippen molar-refractivity contribution in [1.82, 2.24) is 15.5 Å². The van der Waals surface area contributed by atoms with Gasteiger partial charge in [-0.1, -0.05) is 0 Å². The zero-order valence-electron chi connectivity index (χ0n) is 12.0. The molecule has 8 nitrogen and oxygen atoms in total. The number of aliphatic hydroxyl groups excluding tert-OH is 1. The molecule has 0 aromatic rings. The van der Waals surface area contributed by atoms with Crippen LogP contribution in [-0.4, -0.2) is 78.1 Å². The molecule has 0 aliphatic carbocycles. The molecular weight excluding hydrogens is 278 g/mol. The van der Waals surface area contributed by atoms with Crippen molar-refractivity contribution in [1.29, 1.82) is 0 Å². The summed E-state index contributed by atoms with van der Waals surface area (Å²) < 4.78 is 5.70. The molecule has 2 heterocycles. The summed E-state index contributed by atoms with van der Waals surface area (Å²) in [5, 5.41) is 22.6. The molecule has 2 rings (SSSR count). The predicted molar refractivity (Wildman–Crippen MR) is 74.0 cm³/mol. The number of aliphatic hydroxyl groups is 1. The molecule has 0 aromatic heterocycles. The SMILES string of the molecule is O=C(NCC1CN2CCCC2CO1)N[C@@H](CCO)C(=O)O. The molecule has 2 fully saturated rings. The first kappa shape index (κ1) is 16.0. The maximum atomic E-state index is 11.7. The van der Waals surface area contributed by atoms with Gasteiger partial charge in [0.05, 0.1) is 12.7 Å². The second-order valence-corrected chi connectivity index (χ2v) is 5.50. The van der Waals surface area contributed by atoms with Crippen molar-refractivity contribution >= 4 is 12.0 Å². The molecule has 4 N–H and O–H groups in total. The lowest BCUT2D eigenvalue weighted by Crippen LogP contribution is -2.52. The average molecular weight is 301 g/mol. The lowest BCUT2D eigenvalue weighted by atomic mass is 10.2. The van der Waals surface area contributed by atoms with E-state index in [4.69, 9.17) is 14.9 Å². The molecule has 120 valence electrons. The molecule has 0 saturated carbocycles. The first-order chi connectivity index (χ1) is 10.1. The number of carboxylic acids is 1. The van der Waals surface area contributed by atoms with Crippen LogP contribution in [0.1, 0.15) is 19.3 Å². The molecule has 2 saturated heterocycles. The van der Waals surface area contributed by atoms with E-state index < -0.39 is 18.0 Å². The van der Waals surface area contributed by atoms with Crippen LogP contribution in [0.5, 0.6) is 0 Å². The highest BCUT2D eigenvalue weighted by Gasteiger charge is 2.32. The number of carbonyl (C=O) groups excluding carboxylic acids is 1. The summed E-state index contributed by atoms with van der Waals surface area (Å²) in [4.78, 5) is 24.9. The summed E-state index contributed by atoms with van der Waals surface area (Å²) in [6.07, 6.45) is 2.28. The lowest BCUT2D eigenvalue weighted by molar-refractivity contribution is -0.139. The first-order valence-electron chi connectivity index (χ1n) is 7.34. The van der Waals surface area contributed by atoms with Crippen LogP contribution in [0.15, 0.2) is 0 Å². The number of hydrogen-bond donors (Lipinski definition) is 4. The molecular formula is C13H23N3O5. The smallest absolute Gasteiger partial charge is 0.326 e. The van der Waals surface area contributed by atoms with Gasteiger partial charge in [0.1, 0.15) is 6.04 Å². The van der Waals surface area contributed by atoms with E-state index in [1.165, 1.54) is 12.8 Å². The van der Waals surface area contributed by atoms with Gasteiger partial charge in [-0.2, -0.15) is 0 Å². The molecule has 0 bridgehead atoms. The zero-order valence-corrected chi connectivity index (χ0v) is 12.0. The fraction of sp³-hybridized carbons (Fsp3) is 0.846. The number of nitrogens with one attached hydrogen (secondary N) is 2. The van der Waals surface area contributed by atoms with Crippen LogP contribution in [0, 0.1) is 0 Å². The number of morpholine rings is 1. The number of nitrogens with zero attached hydrogens (tertiary/aromatic N) is 1. The van der Waals surface area contributed by atoms with Gasteiger partial charge in [-0.15, -0.1) is 0 Å². The van der Waals surface area contributed by atoms with Gasteiger partial charge in [0, 0.05) is 32.2 Å². The highest BCUT2D eigenvalue weighted by atomic mass is 16.5. The topological polar surface area (TPSA) is 111 Å². The van der Waals surface area contributed by atoms with Crippen molar-refractivity contribution in [2.45, 2.75) is 37.5 Å². The fourth-order valence-corrected chi connectivity index (χ4v) is 2.81. The van der Waals surface area contributed by atoms with Crippen LogP contribution in [0.3, 0.4) is 0 Å². The van der Waals surface area contributed by atoms with Crippen molar-refractivity contribution in [2.24, 2.45) is 0 Å². The Morgan fingerprint density at radius 1 is 1.43 bits per heavy atom. The summed E-state index contributed by atoms with van der Waals surface area (Å²) >= 11 is 0. The Bertz CT molecular complexity index is 379. The zero-order chi connectivity index (χ0) is 15.2. The van der Waals surface area contributed by atoms with Gasteiger partial charge < -0.3 is 25.6 Å². The van der Waals surface area contributed by atoms with E-state index in [9.17, 15) is 9.59 Å². The number of ether oxygens (including phenoxy) is 1. The van der Waals surface area contributed by atoms with E-state index in [1.807, 2.05) is 0 Å². The summed E-state index contributed by atoms with van der Waals surface area (Å²) in [5.41, 5.74) is 0. The molecule has 3 atom stereocenters. The number of carbonyl (C=O) groups is 2. The standard InChI is InChI=1S/C13H23N3O5/c17-5-3-11(12(18)19)15-13(20)14-6-10-7-16-4-1-2-9(16)8-21-10/h9-11,17H,1-8H2,(H,18,19)(H2,14,15,20)/t9?,10?,11-/m0/s1. The molecule has 8 heteroatoms. The van der Waals surface area contributed by atoms with E-state index in [0.29, 0.717) is 19.2 Å². The molecule has 21 heavy (non-hydrogen) atoms. The van der Waals surface area contributed by atoms with Gasteiger partial charge in [0.15, 0.2) is 0 Å². The largest absolute Gasteiger partial charge is 0.480 e. The minimum absolute atomic E-state index is 0.0157. The summed E-state index contributed by atoms with van der Waals surface area (Å²) in [5.74, 6) is -1.16. The molecule has 2 unspecified atom stereocenters. The number of rotatable bonds is 6. The fourth-order valence-electron chi connectivity index (χ4n) is 2.81. The minimum Gasteiger partial charge on any atom is -0.480 e. The summed E-state index contributed by atoms with van der Waals surface area (Å²) in [6, 6.07) is -1.12. The van der Waals surface area contributed by atoms with E-state index in [1.54, 1.807) is 0 Å². The Hall–Kier alpha value is -1.38. The number of amides is 2. The maximum absolute atomic E-state index is 11.7. The summed E-state index contributed by atoms with van der Waals surface area (Å²) in [6.45, 7) is 2.62. The second kappa shape index (κ2) is 7.58. The first-order valence-corrected chi connectivity index (χ1v) is 7.34. The Kier molecular flexibility index (Phi) is 5.77. The number of hydrogen-bond acceptors (Lipinski definition) is 5. The second-order valence-electron chi connectivity index (χ2n) is 5.50.